The van der Waals surface area contributed by atoms with Crippen molar-refractivity contribution in [3.63, 3.8) is 0 Å². The molecule has 1 aliphatic rings. The molecule has 0 unspecified atom stereocenters. The Hall–Kier alpha value is -0.980. The summed E-state index contributed by atoms with van der Waals surface area (Å²) in [6, 6.07) is 0. The minimum atomic E-state index is 0.164. The summed E-state index contributed by atoms with van der Waals surface area (Å²) >= 11 is 3.23. The summed E-state index contributed by atoms with van der Waals surface area (Å²) in [5.74, 6) is 0.912. The predicted molar refractivity (Wildman–Crippen MR) is 64.3 cm³/mol. The monoisotopic (exact) mass is 294 g/mol. The summed E-state index contributed by atoms with van der Waals surface area (Å²) < 4.78 is 18.4. The Morgan fingerprint density at radius 3 is 2.81 bits per heavy atom. The molecule has 0 spiro atoms. The fourth-order valence-electron chi connectivity index (χ4n) is 1.32. The second-order valence-corrected chi connectivity index (χ2v) is 3.84. The molecule has 0 aromatic rings. The Kier molecular flexibility index (Phi) is 5.37. The number of hydrazone groups is 1. The zero-order valence-corrected chi connectivity index (χ0v) is 11.0. The van der Waals surface area contributed by atoms with Crippen molar-refractivity contribution in [3.8, 4) is 0 Å². The molecule has 16 heavy (non-hydrogen) atoms. The van der Waals surface area contributed by atoms with Crippen LogP contribution in [-0.4, -0.2) is 41.2 Å². The summed E-state index contributed by atoms with van der Waals surface area (Å²) in [6.07, 6.45) is 1.69. The third-order valence-electron chi connectivity index (χ3n) is 2.08. The maximum Gasteiger partial charge on any atom is 0.239 e. The van der Waals surface area contributed by atoms with Gasteiger partial charge < -0.3 is 9.64 Å². The van der Waals surface area contributed by atoms with Gasteiger partial charge in [-0.2, -0.15) is 0 Å². The average Bonchev–Trinajstić information content (AvgIpc) is 2.27. The molecule has 0 aromatic heterocycles. The van der Waals surface area contributed by atoms with E-state index in [-0.39, 0.29) is 11.2 Å². The number of halogens is 2. The fraction of sp³-hybridized carbons (Fsp3) is 0.667. The largest absolute Gasteiger partial charge is 0.476 e. The van der Waals surface area contributed by atoms with Crippen molar-refractivity contribution in [2.24, 2.45) is 5.10 Å². The Bertz CT molecular complexity index is 281. The lowest BCUT2D eigenvalue weighted by molar-refractivity contribution is -0.0332. The molecule has 5 nitrogen and oxygen atoms in total. The van der Waals surface area contributed by atoms with Crippen molar-refractivity contribution in [2.45, 2.75) is 13.8 Å². The topological polar surface area (TPSA) is 40.1 Å². The van der Waals surface area contributed by atoms with Crippen LogP contribution in [-0.2, 0) is 4.74 Å². The first kappa shape index (κ1) is 13.1. The molecule has 1 heterocycles. The van der Waals surface area contributed by atoms with E-state index in [1.165, 1.54) is 0 Å². The first-order valence-electron chi connectivity index (χ1n) is 5.17. The number of hydrogen-bond acceptors (Lipinski definition) is 5. The lowest BCUT2D eigenvalue weighted by atomic mass is 10.4. The molecule has 0 aliphatic carbocycles. The van der Waals surface area contributed by atoms with Crippen LogP contribution in [0.2, 0.25) is 0 Å². The summed E-state index contributed by atoms with van der Waals surface area (Å²) in [6.45, 7) is 6.03. The zero-order chi connectivity index (χ0) is 12.0. The van der Waals surface area contributed by atoms with Crippen molar-refractivity contribution in [3.05, 3.63) is 11.9 Å². The number of nitrogens with one attached hydrogen (secondary N) is 1. The van der Waals surface area contributed by atoms with E-state index in [4.69, 9.17) is 4.74 Å². The Morgan fingerprint density at radius 2 is 2.25 bits per heavy atom. The van der Waals surface area contributed by atoms with Gasteiger partial charge in [-0.1, -0.05) is 25.5 Å². The van der Waals surface area contributed by atoms with E-state index in [0.717, 1.165) is 13.1 Å². The first-order valence-corrected chi connectivity index (χ1v) is 6.30. The summed E-state index contributed by atoms with van der Waals surface area (Å²) in [5.41, 5.74) is 2.50. The summed E-state index contributed by atoms with van der Waals surface area (Å²) in [7, 11) is 0. The molecule has 7 heteroatoms. The molecular weight excluding hydrogens is 279 g/mol. The van der Waals surface area contributed by atoms with Gasteiger partial charge in [0.1, 0.15) is 5.82 Å². The molecule has 0 bridgehead atoms. The third kappa shape index (κ3) is 3.55. The standard InChI is InChI=1S/C9H16BrFN4O/c1-3-14(4-2)8-7-9(16-6-5-10)13-15(11)12-8/h7,12H,3-6H2,1-2H3. The molecular formula is C9H16BrFN4O. The minimum absolute atomic E-state index is 0.164. The lowest BCUT2D eigenvalue weighted by Gasteiger charge is -2.28. The molecule has 1 rings (SSSR count). The van der Waals surface area contributed by atoms with Gasteiger partial charge in [-0.05, 0) is 19.2 Å². The van der Waals surface area contributed by atoms with Gasteiger partial charge in [0, 0.05) is 24.5 Å². The van der Waals surface area contributed by atoms with Crippen LogP contribution < -0.4 is 5.43 Å². The number of alkyl halides is 1. The van der Waals surface area contributed by atoms with Crippen LogP contribution >= 0.6 is 15.9 Å². The maximum atomic E-state index is 13.1. The highest BCUT2D eigenvalue weighted by Crippen LogP contribution is 2.08. The van der Waals surface area contributed by atoms with Crippen molar-refractivity contribution in [1.29, 1.82) is 0 Å². The van der Waals surface area contributed by atoms with Crippen LogP contribution in [0, 0.1) is 0 Å². The van der Waals surface area contributed by atoms with Crippen LogP contribution in [0.15, 0.2) is 17.0 Å². The van der Waals surface area contributed by atoms with Crippen LogP contribution in [0.4, 0.5) is 4.48 Å². The zero-order valence-electron chi connectivity index (χ0n) is 9.41. The van der Waals surface area contributed by atoms with E-state index in [1.54, 1.807) is 6.08 Å². The Morgan fingerprint density at radius 1 is 1.56 bits per heavy atom. The molecule has 92 valence electrons. The Balaban J connectivity index is 2.70. The normalized spacial score (nSPS) is 15.1. The van der Waals surface area contributed by atoms with Gasteiger partial charge in [0.05, 0.1) is 6.61 Å². The quantitative estimate of drug-likeness (QED) is 0.618. The number of nitrogens with zero attached hydrogens (tertiary/aromatic N) is 3. The van der Waals surface area contributed by atoms with E-state index >= 15 is 0 Å². The van der Waals surface area contributed by atoms with E-state index in [0.29, 0.717) is 17.8 Å². The van der Waals surface area contributed by atoms with Crippen molar-refractivity contribution in [2.75, 3.05) is 25.0 Å². The predicted octanol–water partition coefficient (Wildman–Crippen LogP) is 1.60. The molecule has 0 radical (unpaired) electrons. The smallest absolute Gasteiger partial charge is 0.239 e. The van der Waals surface area contributed by atoms with Gasteiger partial charge in [-0.15, -0.1) is 0 Å². The summed E-state index contributed by atoms with van der Waals surface area (Å²) in [4.78, 5) is 1.97. The number of hydrogen-bond donors (Lipinski definition) is 1. The highest BCUT2D eigenvalue weighted by atomic mass is 79.9. The van der Waals surface area contributed by atoms with Gasteiger partial charge in [-0.3, -0.25) is 0 Å². The van der Waals surface area contributed by atoms with Crippen LogP contribution in [0.5, 0.6) is 0 Å². The van der Waals surface area contributed by atoms with Crippen LogP contribution in [0.25, 0.3) is 0 Å². The van der Waals surface area contributed by atoms with Gasteiger partial charge in [-0.25, -0.2) is 5.43 Å². The van der Waals surface area contributed by atoms with Gasteiger partial charge in [0.2, 0.25) is 5.90 Å². The Labute approximate surface area is 103 Å². The highest BCUT2D eigenvalue weighted by molar-refractivity contribution is 9.09. The van der Waals surface area contributed by atoms with Gasteiger partial charge in [0.25, 0.3) is 0 Å². The van der Waals surface area contributed by atoms with Crippen molar-refractivity contribution in [1.82, 2.24) is 15.7 Å². The molecule has 0 atom stereocenters. The SMILES string of the molecule is CCN(CC)C1=CC(OCCBr)=NN(F)N1. The number of ether oxygens (including phenoxy) is 1. The minimum Gasteiger partial charge on any atom is -0.476 e. The highest BCUT2D eigenvalue weighted by Gasteiger charge is 2.16. The van der Waals surface area contributed by atoms with Gasteiger partial charge in [0.15, 0.2) is 0 Å². The molecule has 0 saturated carbocycles. The van der Waals surface area contributed by atoms with Crippen LogP contribution in [0.3, 0.4) is 0 Å². The van der Waals surface area contributed by atoms with Crippen molar-refractivity contribution >= 4 is 21.8 Å². The average molecular weight is 295 g/mol. The van der Waals surface area contributed by atoms with Crippen molar-refractivity contribution < 1.29 is 9.22 Å². The molecule has 0 amide bonds. The molecule has 1 aliphatic heterocycles. The van der Waals surface area contributed by atoms with E-state index in [1.807, 2.05) is 18.7 Å². The van der Waals surface area contributed by atoms with E-state index < -0.39 is 0 Å². The van der Waals surface area contributed by atoms with Gasteiger partial charge >= 0.3 is 0 Å². The summed E-state index contributed by atoms with van der Waals surface area (Å²) in [5, 5.41) is 4.39. The van der Waals surface area contributed by atoms with Crippen LogP contribution in [0.1, 0.15) is 13.8 Å². The van der Waals surface area contributed by atoms with E-state index in [9.17, 15) is 4.48 Å². The number of hydrazine groups is 1. The second kappa shape index (κ2) is 6.57. The molecule has 0 aromatic carbocycles. The number of rotatable bonds is 5. The lowest BCUT2D eigenvalue weighted by Crippen LogP contribution is -2.40. The maximum absolute atomic E-state index is 13.1. The molecule has 1 N–H and O–H groups in total. The second-order valence-electron chi connectivity index (χ2n) is 3.05. The molecule has 0 saturated heterocycles. The fourth-order valence-corrected chi connectivity index (χ4v) is 1.49. The third-order valence-corrected chi connectivity index (χ3v) is 2.41. The first-order chi connectivity index (χ1) is 7.71. The van der Waals surface area contributed by atoms with E-state index in [2.05, 4.69) is 26.5 Å². The molecule has 0 fully saturated rings.